The summed E-state index contributed by atoms with van der Waals surface area (Å²) in [6, 6.07) is 0.679. The standard InChI is InChI=1S/C11H25N3/c1-11(2)13(3)7-4-8-14-9-5-12-6-10-14/h11-12H,4-10H2,1-3H3. The van der Waals surface area contributed by atoms with Crippen LogP contribution in [0.1, 0.15) is 20.3 Å². The highest BCUT2D eigenvalue weighted by Gasteiger charge is 2.09. The fourth-order valence-electron chi connectivity index (χ4n) is 1.74. The van der Waals surface area contributed by atoms with Crippen molar-refractivity contribution in [2.24, 2.45) is 0 Å². The Morgan fingerprint density at radius 2 is 1.93 bits per heavy atom. The van der Waals surface area contributed by atoms with Crippen molar-refractivity contribution in [3.05, 3.63) is 0 Å². The lowest BCUT2D eigenvalue weighted by atomic mass is 10.3. The molecule has 0 aliphatic carbocycles. The molecule has 3 nitrogen and oxygen atoms in total. The zero-order valence-corrected chi connectivity index (χ0v) is 9.92. The first kappa shape index (κ1) is 12.0. The van der Waals surface area contributed by atoms with Gasteiger partial charge in [-0.05, 0) is 40.4 Å². The summed E-state index contributed by atoms with van der Waals surface area (Å²) in [6.07, 6.45) is 1.30. The van der Waals surface area contributed by atoms with Crippen molar-refractivity contribution in [1.82, 2.24) is 15.1 Å². The third-order valence-corrected chi connectivity index (χ3v) is 3.08. The van der Waals surface area contributed by atoms with Gasteiger partial charge >= 0.3 is 0 Å². The molecule has 1 rings (SSSR count). The molecule has 0 radical (unpaired) electrons. The van der Waals surface area contributed by atoms with E-state index in [0.29, 0.717) is 6.04 Å². The lowest BCUT2D eigenvalue weighted by Crippen LogP contribution is -2.44. The van der Waals surface area contributed by atoms with Crippen molar-refractivity contribution in [1.29, 1.82) is 0 Å². The summed E-state index contributed by atoms with van der Waals surface area (Å²) in [5, 5.41) is 3.38. The Labute approximate surface area is 88.5 Å². The molecule has 0 amide bonds. The molecule has 1 aliphatic rings. The number of nitrogens with one attached hydrogen (secondary N) is 1. The van der Waals surface area contributed by atoms with Crippen LogP contribution in [0.3, 0.4) is 0 Å². The molecule has 84 valence electrons. The van der Waals surface area contributed by atoms with Crippen LogP contribution in [0.5, 0.6) is 0 Å². The third-order valence-electron chi connectivity index (χ3n) is 3.08. The summed E-state index contributed by atoms with van der Waals surface area (Å²) < 4.78 is 0. The Hall–Kier alpha value is -0.120. The quantitative estimate of drug-likeness (QED) is 0.700. The SMILES string of the molecule is CC(C)N(C)CCCN1CCNCC1. The van der Waals surface area contributed by atoms with Gasteiger partial charge in [0.1, 0.15) is 0 Å². The van der Waals surface area contributed by atoms with Crippen LogP contribution in [-0.2, 0) is 0 Å². The van der Waals surface area contributed by atoms with Crippen LogP contribution in [0.15, 0.2) is 0 Å². The molecule has 0 aromatic rings. The molecule has 0 aromatic carbocycles. The van der Waals surface area contributed by atoms with Gasteiger partial charge in [0, 0.05) is 32.2 Å². The average Bonchev–Trinajstić information content (AvgIpc) is 2.19. The van der Waals surface area contributed by atoms with Gasteiger partial charge in [0.25, 0.3) is 0 Å². The Morgan fingerprint density at radius 1 is 1.29 bits per heavy atom. The maximum atomic E-state index is 3.38. The van der Waals surface area contributed by atoms with E-state index >= 15 is 0 Å². The lowest BCUT2D eigenvalue weighted by molar-refractivity contribution is 0.210. The van der Waals surface area contributed by atoms with Gasteiger partial charge in [-0.3, -0.25) is 0 Å². The van der Waals surface area contributed by atoms with Gasteiger partial charge in [-0.15, -0.1) is 0 Å². The van der Waals surface area contributed by atoms with Crippen molar-refractivity contribution >= 4 is 0 Å². The first-order valence-electron chi connectivity index (χ1n) is 5.83. The molecule has 0 atom stereocenters. The van der Waals surface area contributed by atoms with Crippen LogP contribution < -0.4 is 5.32 Å². The minimum Gasteiger partial charge on any atom is -0.314 e. The maximum absolute atomic E-state index is 3.38. The second-order valence-corrected chi connectivity index (χ2v) is 4.52. The maximum Gasteiger partial charge on any atom is 0.0107 e. The number of rotatable bonds is 5. The monoisotopic (exact) mass is 199 g/mol. The Bertz CT molecular complexity index is 141. The van der Waals surface area contributed by atoms with Crippen LogP contribution in [0.2, 0.25) is 0 Å². The summed E-state index contributed by atoms with van der Waals surface area (Å²) in [7, 11) is 2.21. The summed E-state index contributed by atoms with van der Waals surface area (Å²) in [5.74, 6) is 0. The molecule has 1 aliphatic heterocycles. The second kappa shape index (κ2) is 6.38. The fourth-order valence-corrected chi connectivity index (χ4v) is 1.74. The largest absolute Gasteiger partial charge is 0.314 e. The normalized spacial score (nSPS) is 19.5. The number of hydrogen-bond donors (Lipinski definition) is 1. The van der Waals surface area contributed by atoms with Gasteiger partial charge < -0.3 is 15.1 Å². The van der Waals surface area contributed by atoms with Crippen molar-refractivity contribution < 1.29 is 0 Å². The predicted molar refractivity (Wildman–Crippen MR) is 61.7 cm³/mol. The van der Waals surface area contributed by atoms with Gasteiger partial charge in [-0.2, -0.15) is 0 Å². The zero-order chi connectivity index (χ0) is 10.4. The average molecular weight is 199 g/mol. The van der Waals surface area contributed by atoms with E-state index in [1.807, 2.05) is 0 Å². The smallest absolute Gasteiger partial charge is 0.0107 e. The minimum atomic E-state index is 0.679. The van der Waals surface area contributed by atoms with Crippen LogP contribution in [0.4, 0.5) is 0 Å². The molecule has 0 aromatic heterocycles. The van der Waals surface area contributed by atoms with Gasteiger partial charge in [-0.25, -0.2) is 0 Å². The lowest BCUT2D eigenvalue weighted by Gasteiger charge is -2.28. The first-order valence-corrected chi connectivity index (χ1v) is 5.83. The van der Waals surface area contributed by atoms with E-state index in [1.54, 1.807) is 0 Å². The Kier molecular flexibility index (Phi) is 5.45. The van der Waals surface area contributed by atoms with Crippen molar-refractivity contribution in [3.63, 3.8) is 0 Å². The van der Waals surface area contributed by atoms with E-state index in [-0.39, 0.29) is 0 Å². The number of hydrogen-bond acceptors (Lipinski definition) is 3. The van der Waals surface area contributed by atoms with Crippen LogP contribution >= 0.6 is 0 Å². The van der Waals surface area contributed by atoms with Gasteiger partial charge in [0.15, 0.2) is 0 Å². The zero-order valence-electron chi connectivity index (χ0n) is 9.92. The van der Waals surface area contributed by atoms with E-state index in [0.717, 1.165) is 0 Å². The molecule has 1 saturated heterocycles. The molecular formula is C11H25N3. The van der Waals surface area contributed by atoms with E-state index < -0.39 is 0 Å². The molecule has 0 saturated carbocycles. The molecule has 3 heteroatoms. The predicted octanol–water partition coefficient (Wildman–Crippen LogP) is 0.622. The molecular weight excluding hydrogens is 174 g/mol. The molecule has 0 spiro atoms. The van der Waals surface area contributed by atoms with E-state index in [4.69, 9.17) is 0 Å². The minimum absolute atomic E-state index is 0.679. The molecule has 1 fully saturated rings. The second-order valence-electron chi connectivity index (χ2n) is 4.52. The summed E-state index contributed by atoms with van der Waals surface area (Å²) in [6.45, 7) is 11.8. The molecule has 1 N–H and O–H groups in total. The highest BCUT2D eigenvalue weighted by molar-refractivity contribution is 4.68. The molecule has 14 heavy (non-hydrogen) atoms. The summed E-state index contributed by atoms with van der Waals surface area (Å²) in [4.78, 5) is 4.98. The van der Waals surface area contributed by atoms with Gasteiger partial charge in [0.05, 0.1) is 0 Å². The van der Waals surface area contributed by atoms with Crippen molar-refractivity contribution in [2.45, 2.75) is 26.3 Å². The van der Waals surface area contributed by atoms with Crippen LogP contribution in [-0.4, -0.2) is 62.2 Å². The van der Waals surface area contributed by atoms with Gasteiger partial charge in [-0.1, -0.05) is 0 Å². The molecule has 1 heterocycles. The van der Waals surface area contributed by atoms with Gasteiger partial charge in [0.2, 0.25) is 0 Å². The topological polar surface area (TPSA) is 18.5 Å². The van der Waals surface area contributed by atoms with Crippen LogP contribution in [0.25, 0.3) is 0 Å². The summed E-state index contributed by atoms with van der Waals surface area (Å²) in [5.41, 5.74) is 0. The van der Waals surface area contributed by atoms with Crippen molar-refractivity contribution in [3.8, 4) is 0 Å². The molecule has 0 bridgehead atoms. The summed E-state index contributed by atoms with van der Waals surface area (Å²) >= 11 is 0. The molecule has 0 unspecified atom stereocenters. The first-order chi connectivity index (χ1) is 6.70. The van der Waals surface area contributed by atoms with Crippen LogP contribution in [0, 0.1) is 0 Å². The third kappa shape index (κ3) is 4.40. The van der Waals surface area contributed by atoms with Crippen molar-refractivity contribution in [2.75, 3.05) is 46.3 Å². The Morgan fingerprint density at radius 3 is 2.50 bits per heavy atom. The highest BCUT2D eigenvalue weighted by atomic mass is 15.2. The fraction of sp³-hybridized carbons (Fsp3) is 1.00. The van der Waals surface area contributed by atoms with E-state index in [9.17, 15) is 0 Å². The Balaban J connectivity index is 2.02. The van der Waals surface area contributed by atoms with E-state index in [1.165, 1.54) is 45.7 Å². The van der Waals surface area contributed by atoms with E-state index in [2.05, 4.69) is 36.0 Å². The number of nitrogens with zero attached hydrogens (tertiary/aromatic N) is 2. The highest BCUT2D eigenvalue weighted by Crippen LogP contribution is 1.98. The number of piperazine rings is 1.